The molecule has 3 aromatic rings. The van der Waals surface area contributed by atoms with Gasteiger partial charge in [0.25, 0.3) is 0 Å². The number of nitrogens with two attached hydrogens (primary N) is 1. The van der Waals surface area contributed by atoms with Gasteiger partial charge in [-0.1, -0.05) is 41.9 Å². The van der Waals surface area contributed by atoms with Gasteiger partial charge in [-0.25, -0.2) is 4.68 Å². The lowest BCUT2D eigenvalue weighted by Gasteiger charge is -2.00. The second-order valence-corrected chi connectivity index (χ2v) is 4.94. The molecular formula is C16H13ClN4. The van der Waals surface area contributed by atoms with Gasteiger partial charge >= 0.3 is 0 Å². The molecule has 0 aliphatic rings. The van der Waals surface area contributed by atoms with Gasteiger partial charge < -0.3 is 5.84 Å². The lowest BCUT2D eigenvalue weighted by Crippen LogP contribution is -1.93. The Kier molecular flexibility index (Phi) is 3.71. The van der Waals surface area contributed by atoms with Gasteiger partial charge in [0, 0.05) is 22.3 Å². The predicted molar refractivity (Wildman–Crippen MR) is 85.8 cm³/mol. The maximum atomic E-state index is 6.06. The average molecular weight is 297 g/mol. The Balaban J connectivity index is 2.14. The van der Waals surface area contributed by atoms with Crippen LogP contribution in [0.3, 0.4) is 0 Å². The highest BCUT2D eigenvalue weighted by molar-refractivity contribution is 6.30. The van der Waals surface area contributed by atoms with Crippen LogP contribution in [0, 0.1) is 0 Å². The monoisotopic (exact) mass is 296 g/mol. The molecule has 3 rings (SSSR count). The van der Waals surface area contributed by atoms with E-state index in [4.69, 9.17) is 17.4 Å². The molecule has 0 aliphatic carbocycles. The number of hydrazone groups is 1. The van der Waals surface area contributed by atoms with E-state index in [0.717, 1.165) is 22.5 Å². The van der Waals surface area contributed by atoms with E-state index >= 15 is 0 Å². The van der Waals surface area contributed by atoms with Crippen LogP contribution in [0.2, 0.25) is 5.02 Å². The molecular weight excluding hydrogens is 284 g/mol. The van der Waals surface area contributed by atoms with E-state index in [1.807, 2.05) is 60.8 Å². The topological polar surface area (TPSA) is 56.2 Å². The van der Waals surface area contributed by atoms with Crippen LogP contribution in [0.5, 0.6) is 0 Å². The van der Waals surface area contributed by atoms with E-state index < -0.39 is 0 Å². The van der Waals surface area contributed by atoms with Crippen LogP contribution in [-0.4, -0.2) is 16.0 Å². The van der Waals surface area contributed by atoms with Crippen molar-refractivity contribution in [2.75, 3.05) is 0 Å². The number of hydrogen-bond acceptors (Lipinski definition) is 3. The molecule has 0 fully saturated rings. The van der Waals surface area contributed by atoms with E-state index in [9.17, 15) is 0 Å². The minimum absolute atomic E-state index is 0.664. The van der Waals surface area contributed by atoms with E-state index in [1.54, 1.807) is 10.9 Å². The Morgan fingerprint density at radius 3 is 2.62 bits per heavy atom. The summed E-state index contributed by atoms with van der Waals surface area (Å²) in [5.41, 5.74) is 3.52. The quantitative estimate of drug-likeness (QED) is 0.457. The van der Waals surface area contributed by atoms with Crippen molar-refractivity contribution in [1.82, 2.24) is 9.78 Å². The predicted octanol–water partition coefficient (Wildman–Crippen LogP) is 3.49. The molecule has 0 atom stereocenters. The summed E-state index contributed by atoms with van der Waals surface area (Å²) in [6, 6.07) is 17.4. The molecule has 0 bridgehead atoms. The lowest BCUT2D eigenvalue weighted by molar-refractivity contribution is 0.884. The van der Waals surface area contributed by atoms with Crippen LogP contribution < -0.4 is 5.84 Å². The van der Waals surface area contributed by atoms with Gasteiger partial charge in [-0.2, -0.15) is 10.2 Å². The highest BCUT2D eigenvalue weighted by Gasteiger charge is 2.11. The maximum absolute atomic E-state index is 6.06. The molecule has 2 N–H and O–H groups in total. The van der Waals surface area contributed by atoms with Gasteiger partial charge in [0.1, 0.15) is 5.69 Å². The fourth-order valence-electron chi connectivity index (χ4n) is 2.14. The van der Waals surface area contributed by atoms with Crippen LogP contribution in [0.25, 0.3) is 16.9 Å². The molecule has 0 saturated carbocycles. The Labute approximate surface area is 127 Å². The molecule has 1 aromatic heterocycles. The molecule has 0 spiro atoms. The van der Waals surface area contributed by atoms with Crippen molar-refractivity contribution in [3.63, 3.8) is 0 Å². The summed E-state index contributed by atoms with van der Waals surface area (Å²) in [4.78, 5) is 0. The average Bonchev–Trinajstić information content (AvgIpc) is 2.93. The van der Waals surface area contributed by atoms with Crippen molar-refractivity contribution < 1.29 is 0 Å². The molecule has 4 nitrogen and oxygen atoms in total. The summed E-state index contributed by atoms with van der Waals surface area (Å²) in [6.45, 7) is 0. The van der Waals surface area contributed by atoms with Gasteiger partial charge in [0.15, 0.2) is 0 Å². The first-order valence-electron chi connectivity index (χ1n) is 6.42. The third-order valence-corrected chi connectivity index (χ3v) is 3.31. The van der Waals surface area contributed by atoms with Gasteiger partial charge in [-0.3, -0.25) is 0 Å². The van der Waals surface area contributed by atoms with Crippen molar-refractivity contribution >= 4 is 17.8 Å². The minimum atomic E-state index is 0.664. The van der Waals surface area contributed by atoms with Crippen molar-refractivity contribution in [2.45, 2.75) is 0 Å². The number of benzene rings is 2. The summed E-state index contributed by atoms with van der Waals surface area (Å²) in [5.74, 6) is 5.29. The fourth-order valence-corrected chi connectivity index (χ4v) is 2.33. The van der Waals surface area contributed by atoms with Crippen LogP contribution in [-0.2, 0) is 0 Å². The van der Waals surface area contributed by atoms with Gasteiger partial charge in [-0.05, 0) is 24.3 Å². The van der Waals surface area contributed by atoms with Crippen molar-refractivity contribution in [3.05, 3.63) is 71.4 Å². The molecule has 0 unspecified atom stereocenters. The smallest absolute Gasteiger partial charge is 0.102 e. The third kappa shape index (κ3) is 2.80. The Morgan fingerprint density at radius 2 is 1.90 bits per heavy atom. The van der Waals surface area contributed by atoms with E-state index in [1.165, 1.54) is 0 Å². The molecule has 0 radical (unpaired) electrons. The minimum Gasteiger partial charge on any atom is -0.323 e. The summed E-state index contributed by atoms with van der Waals surface area (Å²) in [5, 5.41) is 8.90. The van der Waals surface area contributed by atoms with Gasteiger partial charge in [0.05, 0.1) is 11.9 Å². The van der Waals surface area contributed by atoms with Crippen molar-refractivity contribution in [2.24, 2.45) is 10.9 Å². The Bertz CT molecular complexity index is 778. The first-order valence-corrected chi connectivity index (χ1v) is 6.80. The summed E-state index contributed by atoms with van der Waals surface area (Å²) < 4.78 is 1.80. The van der Waals surface area contributed by atoms with Crippen molar-refractivity contribution in [1.29, 1.82) is 0 Å². The van der Waals surface area contributed by atoms with Crippen LogP contribution in [0.4, 0.5) is 0 Å². The number of nitrogens with zero attached hydrogens (tertiary/aromatic N) is 3. The van der Waals surface area contributed by atoms with Crippen LogP contribution >= 0.6 is 11.6 Å². The van der Waals surface area contributed by atoms with E-state index in [2.05, 4.69) is 10.2 Å². The summed E-state index contributed by atoms with van der Waals surface area (Å²) >= 11 is 6.06. The third-order valence-electron chi connectivity index (χ3n) is 3.07. The molecule has 0 amide bonds. The second-order valence-electron chi connectivity index (χ2n) is 4.50. The van der Waals surface area contributed by atoms with Crippen LogP contribution in [0.1, 0.15) is 5.56 Å². The highest BCUT2D eigenvalue weighted by Crippen LogP contribution is 2.25. The highest BCUT2D eigenvalue weighted by atomic mass is 35.5. The summed E-state index contributed by atoms with van der Waals surface area (Å²) in [7, 11) is 0. The first kappa shape index (κ1) is 13.4. The lowest BCUT2D eigenvalue weighted by atomic mass is 10.1. The molecule has 0 saturated heterocycles. The zero-order valence-electron chi connectivity index (χ0n) is 11.1. The number of para-hydroxylation sites is 1. The molecule has 2 aromatic carbocycles. The van der Waals surface area contributed by atoms with Crippen molar-refractivity contribution in [3.8, 4) is 16.9 Å². The molecule has 104 valence electrons. The van der Waals surface area contributed by atoms with Gasteiger partial charge in [-0.15, -0.1) is 0 Å². The molecule has 21 heavy (non-hydrogen) atoms. The van der Waals surface area contributed by atoms with Crippen LogP contribution in [0.15, 0.2) is 65.9 Å². The van der Waals surface area contributed by atoms with Gasteiger partial charge in [0.2, 0.25) is 0 Å². The van der Waals surface area contributed by atoms with E-state index in [-0.39, 0.29) is 0 Å². The number of hydrogen-bond donors (Lipinski definition) is 1. The Morgan fingerprint density at radius 1 is 1.10 bits per heavy atom. The maximum Gasteiger partial charge on any atom is 0.102 e. The largest absolute Gasteiger partial charge is 0.323 e. The summed E-state index contributed by atoms with van der Waals surface area (Å²) in [6.07, 6.45) is 3.48. The number of aromatic nitrogens is 2. The Hall–Kier alpha value is -2.59. The standard InChI is InChI=1S/C16H13ClN4/c17-14-6-4-5-12(9-14)16-13(10-19-18)11-21(20-16)15-7-2-1-3-8-15/h1-11H,18H2/b19-10-. The second kappa shape index (κ2) is 5.81. The molecule has 5 heteroatoms. The normalized spacial score (nSPS) is 11.1. The number of halogens is 1. The molecule has 1 heterocycles. The fraction of sp³-hybridized carbons (Fsp3) is 0. The zero-order valence-corrected chi connectivity index (χ0v) is 11.9. The number of rotatable bonds is 3. The zero-order chi connectivity index (χ0) is 14.7. The first-order chi connectivity index (χ1) is 10.3. The van der Waals surface area contributed by atoms with E-state index in [0.29, 0.717) is 5.02 Å². The SMILES string of the molecule is N/N=C\c1cn(-c2ccccc2)nc1-c1cccc(Cl)c1. The molecule has 0 aliphatic heterocycles.